The summed E-state index contributed by atoms with van der Waals surface area (Å²) in [5, 5.41) is 20.4. The lowest BCUT2D eigenvalue weighted by atomic mass is 9.93. The van der Waals surface area contributed by atoms with Gasteiger partial charge in [0.1, 0.15) is 5.01 Å². The molecule has 2 aliphatic heterocycles. The van der Waals surface area contributed by atoms with Crippen LogP contribution < -0.4 is 10.2 Å². The average Bonchev–Trinajstić information content (AvgIpc) is 3.42. The second-order valence-corrected chi connectivity index (χ2v) is 8.22. The fraction of sp³-hybridized carbons (Fsp3) is 0.500. The first kappa shape index (κ1) is 22.9. The SMILES string of the molecule is Cc1nnc(N2C[C@@H]3[C@@H](CNC(=O)c4cccnc4)CO[C@@H]3C2)s1.O=C(O)C(F)(F)F. The van der Waals surface area contributed by atoms with Gasteiger partial charge in [0.2, 0.25) is 5.13 Å². The van der Waals surface area contributed by atoms with Crippen molar-refractivity contribution < 1.29 is 32.6 Å². The molecule has 0 aromatic carbocycles. The van der Waals surface area contributed by atoms with Crippen LogP contribution in [-0.2, 0) is 9.53 Å². The maximum atomic E-state index is 12.2. The van der Waals surface area contributed by atoms with Crippen molar-refractivity contribution >= 4 is 28.3 Å². The van der Waals surface area contributed by atoms with E-state index < -0.39 is 12.1 Å². The van der Waals surface area contributed by atoms with Crippen molar-refractivity contribution in [2.45, 2.75) is 19.2 Å². The standard InChI is InChI=1S/C16H19N5O2S.C2HF3O2/c1-10-19-20-16(24-10)21-7-13-12(9-23-14(13)8-21)6-18-15(22)11-3-2-4-17-5-11;3-2(4,5)1(6)7/h2-5,12-14H,6-9H2,1H3,(H,18,22);(H,6,7)/t12-,13+,14+;/m0./s1. The van der Waals surface area contributed by atoms with Gasteiger partial charge >= 0.3 is 12.1 Å². The highest BCUT2D eigenvalue weighted by molar-refractivity contribution is 7.15. The number of hydrogen-bond acceptors (Lipinski definition) is 8. The van der Waals surface area contributed by atoms with E-state index in [0.29, 0.717) is 30.6 Å². The van der Waals surface area contributed by atoms with E-state index in [9.17, 15) is 18.0 Å². The molecular formula is C18H20F3N5O4S. The van der Waals surface area contributed by atoms with Crippen LogP contribution in [0.15, 0.2) is 24.5 Å². The van der Waals surface area contributed by atoms with Crippen molar-refractivity contribution in [3.63, 3.8) is 0 Å². The Hall–Kier alpha value is -2.80. The van der Waals surface area contributed by atoms with Crippen LogP contribution in [0.2, 0.25) is 0 Å². The van der Waals surface area contributed by atoms with Crippen LogP contribution in [0, 0.1) is 18.8 Å². The molecule has 4 rings (SSSR count). The molecule has 2 saturated heterocycles. The van der Waals surface area contributed by atoms with Gasteiger partial charge in [-0.3, -0.25) is 9.78 Å². The summed E-state index contributed by atoms with van der Waals surface area (Å²) in [6.07, 6.45) is -1.62. The molecule has 0 bridgehead atoms. The predicted molar refractivity (Wildman–Crippen MR) is 104 cm³/mol. The Labute approximate surface area is 179 Å². The maximum Gasteiger partial charge on any atom is 0.490 e. The highest BCUT2D eigenvalue weighted by Crippen LogP contribution is 2.36. The summed E-state index contributed by atoms with van der Waals surface area (Å²) in [5.41, 5.74) is 0.588. The lowest BCUT2D eigenvalue weighted by Crippen LogP contribution is -2.34. The fourth-order valence-electron chi connectivity index (χ4n) is 3.40. The molecule has 1 amide bonds. The maximum absolute atomic E-state index is 12.2. The number of nitrogens with one attached hydrogen (secondary N) is 1. The van der Waals surface area contributed by atoms with Crippen molar-refractivity contribution in [2.75, 3.05) is 31.1 Å². The number of amides is 1. The van der Waals surface area contributed by atoms with Crippen LogP contribution in [-0.4, -0.2) is 70.7 Å². The van der Waals surface area contributed by atoms with Crippen molar-refractivity contribution in [1.82, 2.24) is 20.5 Å². The molecule has 3 atom stereocenters. The fourth-order valence-corrected chi connectivity index (χ4v) is 4.11. The van der Waals surface area contributed by atoms with Crippen molar-refractivity contribution in [2.24, 2.45) is 11.8 Å². The third kappa shape index (κ3) is 5.88. The van der Waals surface area contributed by atoms with Crippen LogP contribution in [0.3, 0.4) is 0 Å². The van der Waals surface area contributed by atoms with Gasteiger partial charge in [-0.2, -0.15) is 13.2 Å². The number of carboxylic acid groups (broad SMARTS) is 1. The van der Waals surface area contributed by atoms with Gasteiger partial charge in [-0.05, 0) is 19.1 Å². The molecule has 2 aromatic heterocycles. The summed E-state index contributed by atoms with van der Waals surface area (Å²) in [4.78, 5) is 27.3. The average molecular weight is 459 g/mol. The Morgan fingerprint density at radius 3 is 2.68 bits per heavy atom. The molecule has 0 aliphatic carbocycles. The zero-order valence-corrected chi connectivity index (χ0v) is 17.2. The monoisotopic (exact) mass is 459 g/mol. The van der Waals surface area contributed by atoms with Crippen LogP contribution in [0.25, 0.3) is 0 Å². The molecule has 168 valence electrons. The number of alkyl halides is 3. The number of fused-ring (bicyclic) bond motifs is 1. The molecule has 4 heterocycles. The van der Waals surface area contributed by atoms with E-state index in [1.165, 1.54) is 0 Å². The number of pyridine rings is 1. The van der Waals surface area contributed by atoms with E-state index in [1.807, 2.05) is 6.92 Å². The quantitative estimate of drug-likeness (QED) is 0.710. The Kier molecular flexibility index (Phi) is 7.05. The van der Waals surface area contributed by atoms with E-state index in [-0.39, 0.29) is 12.0 Å². The van der Waals surface area contributed by atoms with Gasteiger partial charge in [0.15, 0.2) is 0 Å². The topological polar surface area (TPSA) is 118 Å². The number of carbonyl (C=O) groups is 2. The van der Waals surface area contributed by atoms with Gasteiger partial charge < -0.3 is 20.1 Å². The van der Waals surface area contributed by atoms with Crippen LogP contribution >= 0.6 is 11.3 Å². The van der Waals surface area contributed by atoms with Gasteiger partial charge in [0, 0.05) is 43.9 Å². The molecule has 0 unspecified atom stereocenters. The molecule has 13 heteroatoms. The molecule has 9 nitrogen and oxygen atoms in total. The predicted octanol–water partition coefficient (Wildman–Crippen LogP) is 1.76. The minimum absolute atomic E-state index is 0.0823. The van der Waals surface area contributed by atoms with Gasteiger partial charge in [-0.25, -0.2) is 4.79 Å². The molecule has 0 spiro atoms. The number of anilines is 1. The zero-order valence-electron chi connectivity index (χ0n) is 16.4. The van der Waals surface area contributed by atoms with Gasteiger partial charge in [0.25, 0.3) is 5.91 Å². The number of halogens is 3. The third-order valence-electron chi connectivity index (χ3n) is 4.92. The second kappa shape index (κ2) is 9.56. The molecule has 2 fully saturated rings. The molecule has 2 N–H and O–H groups in total. The summed E-state index contributed by atoms with van der Waals surface area (Å²) >= 11 is 1.61. The summed E-state index contributed by atoms with van der Waals surface area (Å²) in [7, 11) is 0. The number of ether oxygens (including phenoxy) is 1. The molecule has 0 saturated carbocycles. The normalized spacial score (nSPS) is 22.5. The molecule has 31 heavy (non-hydrogen) atoms. The number of aliphatic carboxylic acids is 1. The lowest BCUT2D eigenvalue weighted by molar-refractivity contribution is -0.192. The number of aromatic nitrogens is 3. The summed E-state index contributed by atoms with van der Waals surface area (Å²) in [6, 6.07) is 3.54. The number of carbonyl (C=O) groups excluding carboxylic acids is 1. The molecular weight excluding hydrogens is 439 g/mol. The number of carboxylic acids is 1. The highest BCUT2D eigenvalue weighted by Gasteiger charge is 2.44. The Morgan fingerprint density at radius 2 is 2.10 bits per heavy atom. The minimum Gasteiger partial charge on any atom is -0.475 e. The van der Waals surface area contributed by atoms with Crippen molar-refractivity contribution in [3.8, 4) is 0 Å². The largest absolute Gasteiger partial charge is 0.490 e. The van der Waals surface area contributed by atoms with Crippen molar-refractivity contribution in [1.29, 1.82) is 0 Å². The van der Waals surface area contributed by atoms with Crippen LogP contribution in [0.1, 0.15) is 15.4 Å². The molecule has 0 radical (unpaired) electrons. The number of aryl methyl sites for hydroxylation is 1. The first-order chi connectivity index (χ1) is 14.6. The molecule has 2 aliphatic rings. The highest BCUT2D eigenvalue weighted by atomic mass is 32.1. The summed E-state index contributed by atoms with van der Waals surface area (Å²) in [5.74, 6) is -2.09. The van der Waals surface area contributed by atoms with Gasteiger partial charge in [-0.1, -0.05) is 11.3 Å². The smallest absolute Gasteiger partial charge is 0.475 e. The van der Waals surface area contributed by atoms with E-state index in [1.54, 1.807) is 35.9 Å². The first-order valence-corrected chi connectivity index (χ1v) is 10.1. The first-order valence-electron chi connectivity index (χ1n) is 9.30. The second-order valence-electron chi connectivity index (χ2n) is 7.06. The van der Waals surface area contributed by atoms with Gasteiger partial charge in [0.05, 0.1) is 18.3 Å². The van der Waals surface area contributed by atoms with E-state index in [0.717, 1.165) is 23.2 Å². The van der Waals surface area contributed by atoms with E-state index in [4.69, 9.17) is 14.6 Å². The zero-order chi connectivity index (χ0) is 22.6. The van der Waals surface area contributed by atoms with Crippen molar-refractivity contribution in [3.05, 3.63) is 35.1 Å². The summed E-state index contributed by atoms with van der Waals surface area (Å²) in [6.45, 7) is 5.05. The number of hydrogen-bond donors (Lipinski definition) is 2. The van der Waals surface area contributed by atoms with Crippen LogP contribution in [0.4, 0.5) is 18.3 Å². The van der Waals surface area contributed by atoms with Gasteiger partial charge in [-0.15, -0.1) is 10.2 Å². The van der Waals surface area contributed by atoms with Crippen LogP contribution in [0.5, 0.6) is 0 Å². The molecule has 2 aromatic rings. The Bertz CT molecular complexity index is 911. The Morgan fingerprint density at radius 1 is 1.35 bits per heavy atom. The number of nitrogens with zero attached hydrogens (tertiary/aromatic N) is 4. The van der Waals surface area contributed by atoms with E-state index >= 15 is 0 Å². The third-order valence-corrected chi connectivity index (χ3v) is 5.82. The lowest BCUT2D eigenvalue weighted by Gasteiger charge is -2.19. The number of rotatable bonds is 4. The van der Waals surface area contributed by atoms with E-state index in [2.05, 4.69) is 25.4 Å². The Balaban J connectivity index is 0.000000339. The summed E-state index contributed by atoms with van der Waals surface area (Å²) < 4.78 is 37.7. The minimum atomic E-state index is -5.08.